The van der Waals surface area contributed by atoms with Crippen LogP contribution in [0.2, 0.25) is 0 Å². The third kappa shape index (κ3) is 2.61. The molecule has 1 amide bonds. The van der Waals surface area contributed by atoms with Crippen LogP contribution in [0.15, 0.2) is 18.2 Å². The first kappa shape index (κ1) is 12.0. The monoisotopic (exact) mass is 240 g/mol. The van der Waals surface area contributed by atoms with E-state index in [1.807, 2.05) is 0 Å². The second-order valence-corrected chi connectivity index (χ2v) is 4.51. The summed E-state index contributed by atoms with van der Waals surface area (Å²) in [5, 5.41) is 2.60. The minimum atomic E-state index is -0.721. The van der Waals surface area contributed by atoms with Gasteiger partial charge in [-0.25, -0.2) is 8.78 Å². The Labute approximate surface area is 98.0 Å². The van der Waals surface area contributed by atoms with Gasteiger partial charge in [0.05, 0.1) is 5.56 Å². The zero-order valence-electron chi connectivity index (χ0n) is 9.30. The first-order chi connectivity index (χ1) is 8.06. The van der Waals surface area contributed by atoms with Gasteiger partial charge in [-0.15, -0.1) is 0 Å². The van der Waals surface area contributed by atoms with Crippen molar-refractivity contribution >= 4 is 5.91 Å². The summed E-state index contributed by atoms with van der Waals surface area (Å²) < 4.78 is 26.2. The molecule has 92 valence electrons. The van der Waals surface area contributed by atoms with E-state index in [1.54, 1.807) is 0 Å². The Kier molecular flexibility index (Phi) is 3.11. The van der Waals surface area contributed by atoms with Crippen LogP contribution >= 0.6 is 0 Å². The maximum Gasteiger partial charge on any atom is 0.254 e. The molecular weight excluding hydrogens is 226 g/mol. The first-order valence-corrected chi connectivity index (χ1v) is 5.50. The zero-order valence-corrected chi connectivity index (χ0v) is 9.30. The number of carbonyl (C=O) groups is 1. The molecule has 17 heavy (non-hydrogen) atoms. The van der Waals surface area contributed by atoms with E-state index in [-0.39, 0.29) is 11.0 Å². The molecule has 0 aliphatic heterocycles. The summed E-state index contributed by atoms with van der Waals surface area (Å²) >= 11 is 0. The third-order valence-electron chi connectivity index (χ3n) is 3.19. The Balaban J connectivity index is 2.02. The van der Waals surface area contributed by atoms with Crippen molar-refractivity contribution in [3.63, 3.8) is 0 Å². The molecule has 1 saturated carbocycles. The van der Waals surface area contributed by atoms with Crippen LogP contribution in [0.1, 0.15) is 23.2 Å². The van der Waals surface area contributed by atoms with Crippen LogP contribution in [0, 0.1) is 17.0 Å². The van der Waals surface area contributed by atoms with Gasteiger partial charge >= 0.3 is 0 Å². The Hall–Kier alpha value is -1.49. The standard InChI is InChI=1S/C12H14F2N2O/c13-8-1-2-10(14)9(5-8)11(17)16-7-12(6-15)3-4-12/h1-2,5H,3-4,6-7,15H2,(H,16,17). The fourth-order valence-corrected chi connectivity index (χ4v) is 1.66. The molecule has 0 unspecified atom stereocenters. The Morgan fingerprint density at radius 2 is 2.12 bits per heavy atom. The van der Waals surface area contributed by atoms with E-state index in [9.17, 15) is 13.6 Å². The van der Waals surface area contributed by atoms with Crippen LogP contribution in [-0.2, 0) is 0 Å². The van der Waals surface area contributed by atoms with Gasteiger partial charge in [0, 0.05) is 12.0 Å². The lowest BCUT2D eigenvalue weighted by Gasteiger charge is -2.13. The van der Waals surface area contributed by atoms with E-state index < -0.39 is 17.5 Å². The topological polar surface area (TPSA) is 55.1 Å². The highest BCUT2D eigenvalue weighted by Crippen LogP contribution is 2.43. The van der Waals surface area contributed by atoms with Gasteiger partial charge in [0.25, 0.3) is 5.91 Å². The van der Waals surface area contributed by atoms with Crippen molar-refractivity contribution in [2.75, 3.05) is 13.1 Å². The highest BCUT2D eigenvalue weighted by molar-refractivity contribution is 5.94. The van der Waals surface area contributed by atoms with Crippen molar-refractivity contribution in [2.24, 2.45) is 11.1 Å². The van der Waals surface area contributed by atoms with E-state index in [4.69, 9.17) is 5.73 Å². The summed E-state index contributed by atoms with van der Waals surface area (Å²) in [7, 11) is 0. The number of nitrogens with one attached hydrogen (secondary N) is 1. The lowest BCUT2D eigenvalue weighted by atomic mass is 10.1. The molecule has 1 aliphatic rings. The fourth-order valence-electron chi connectivity index (χ4n) is 1.66. The van der Waals surface area contributed by atoms with Crippen LogP contribution in [0.5, 0.6) is 0 Å². The van der Waals surface area contributed by atoms with E-state index in [2.05, 4.69) is 5.32 Å². The number of benzene rings is 1. The second kappa shape index (κ2) is 4.41. The SMILES string of the molecule is NCC1(CNC(=O)c2cc(F)ccc2F)CC1. The summed E-state index contributed by atoms with van der Waals surface area (Å²) in [6, 6.07) is 2.82. The summed E-state index contributed by atoms with van der Waals surface area (Å²) in [5.74, 6) is -1.94. The second-order valence-electron chi connectivity index (χ2n) is 4.51. The maximum atomic E-state index is 13.3. The molecule has 1 aromatic rings. The van der Waals surface area contributed by atoms with E-state index >= 15 is 0 Å². The van der Waals surface area contributed by atoms with Crippen molar-refractivity contribution in [3.05, 3.63) is 35.4 Å². The predicted octanol–water partition coefficient (Wildman–Crippen LogP) is 1.43. The van der Waals surface area contributed by atoms with Crippen LogP contribution in [0.4, 0.5) is 8.78 Å². The molecular formula is C12H14F2N2O. The molecule has 1 aliphatic carbocycles. The molecule has 3 nitrogen and oxygen atoms in total. The van der Waals surface area contributed by atoms with E-state index in [1.165, 1.54) is 0 Å². The number of hydrogen-bond acceptors (Lipinski definition) is 2. The molecule has 0 radical (unpaired) electrons. The van der Waals surface area contributed by atoms with Crippen molar-refractivity contribution in [1.29, 1.82) is 0 Å². The quantitative estimate of drug-likeness (QED) is 0.836. The highest BCUT2D eigenvalue weighted by Gasteiger charge is 2.41. The Morgan fingerprint density at radius 1 is 1.41 bits per heavy atom. The van der Waals surface area contributed by atoms with Gasteiger partial charge < -0.3 is 11.1 Å². The van der Waals surface area contributed by atoms with Crippen molar-refractivity contribution in [3.8, 4) is 0 Å². The fraction of sp³-hybridized carbons (Fsp3) is 0.417. The smallest absolute Gasteiger partial charge is 0.254 e. The van der Waals surface area contributed by atoms with Gasteiger partial charge in [0.2, 0.25) is 0 Å². The van der Waals surface area contributed by atoms with Crippen LogP contribution < -0.4 is 11.1 Å². The first-order valence-electron chi connectivity index (χ1n) is 5.50. The minimum Gasteiger partial charge on any atom is -0.351 e. The third-order valence-corrected chi connectivity index (χ3v) is 3.19. The molecule has 5 heteroatoms. The molecule has 0 atom stereocenters. The number of carbonyl (C=O) groups excluding carboxylic acids is 1. The number of hydrogen-bond donors (Lipinski definition) is 2. The van der Waals surface area contributed by atoms with E-state index in [0.29, 0.717) is 13.1 Å². The molecule has 0 heterocycles. The Morgan fingerprint density at radius 3 is 2.71 bits per heavy atom. The Bertz CT molecular complexity index is 444. The molecule has 1 fully saturated rings. The van der Waals surface area contributed by atoms with E-state index in [0.717, 1.165) is 31.0 Å². The van der Waals surface area contributed by atoms with Crippen molar-refractivity contribution in [2.45, 2.75) is 12.8 Å². The normalized spacial score (nSPS) is 16.6. The van der Waals surface area contributed by atoms with Crippen LogP contribution in [0.3, 0.4) is 0 Å². The summed E-state index contributed by atoms with van der Waals surface area (Å²) in [5.41, 5.74) is 5.27. The van der Waals surface area contributed by atoms with Crippen LogP contribution in [0.25, 0.3) is 0 Å². The molecule has 0 aromatic heterocycles. The van der Waals surface area contributed by atoms with Crippen molar-refractivity contribution in [1.82, 2.24) is 5.32 Å². The minimum absolute atomic E-state index is 0.0283. The lowest BCUT2D eigenvalue weighted by molar-refractivity contribution is 0.0941. The van der Waals surface area contributed by atoms with Gasteiger partial charge in [-0.2, -0.15) is 0 Å². The maximum absolute atomic E-state index is 13.3. The van der Waals surface area contributed by atoms with Crippen LogP contribution in [-0.4, -0.2) is 19.0 Å². The van der Waals surface area contributed by atoms with Crippen molar-refractivity contribution < 1.29 is 13.6 Å². The number of nitrogens with two attached hydrogens (primary N) is 1. The molecule has 2 rings (SSSR count). The molecule has 3 N–H and O–H groups in total. The number of halogens is 2. The number of rotatable bonds is 4. The van der Waals surface area contributed by atoms with Gasteiger partial charge in [0.1, 0.15) is 11.6 Å². The van der Waals surface area contributed by atoms with Gasteiger partial charge in [-0.05, 0) is 37.6 Å². The molecule has 0 spiro atoms. The largest absolute Gasteiger partial charge is 0.351 e. The highest BCUT2D eigenvalue weighted by atomic mass is 19.1. The molecule has 1 aromatic carbocycles. The average molecular weight is 240 g/mol. The summed E-state index contributed by atoms with van der Waals surface area (Å²) in [6.45, 7) is 0.914. The predicted molar refractivity (Wildman–Crippen MR) is 59.4 cm³/mol. The number of amides is 1. The average Bonchev–Trinajstić information content (AvgIpc) is 3.10. The van der Waals surface area contributed by atoms with Gasteiger partial charge in [-0.3, -0.25) is 4.79 Å². The lowest BCUT2D eigenvalue weighted by Crippen LogP contribution is -2.34. The molecule has 0 saturated heterocycles. The molecule has 0 bridgehead atoms. The van der Waals surface area contributed by atoms with Gasteiger partial charge in [0.15, 0.2) is 0 Å². The zero-order chi connectivity index (χ0) is 12.5. The van der Waals surface area contributed by atoms with Gasteiger partial charge in [-0.1, -0.05) is 0 Å². The summed E-state index contributed by atoms with van der Waals surface area (Å²) in [4.78, 5) is 11.6. The summed E-state index contributed by atoms with van der Waals surface area (Å²) in [6.07, 6.45) is 1.94.